The van der Waals surface area contributed by atoms with Crippen LogP contribution in [0.3, 0.4) is 0 Å². The molecule has 29 heavy (non-hydrogen) atoms. The van der Waals surface area contributed by atoms with Gasteiger partial charge in [-0.2, -0.15) is 0 Å². The molecule has 0 bridgehead atoms. The van der Waals surface area contributed by atoms with Crippen LogP contribution >= 0.6 is 0 Å². The molecule has 0 saturated heterocycles. The SMILES string of the molecule is CCC(C)C(NC(=O)C(C)NC(=O)C(CCC(=O)O)NC(=O)C(N)CO)C(=O)O. The predicted octanol–water partition coefficient (Wildman–Crippen LogP) is -2.22. The average molecular weight is 418 g/mol. The first-order valence-electron chi connectivity index (χ1n) is 9.16. The molecular formula is C17H30N4O8. The largest absolute Gasteiger partial charge is 0.481 e. The number of rotatable bonds is 13. The predicted molar refractivity (Wildman–Crippen MR) is 100 cm³/mol. The smallest absolute Gasteiger partial charge is 0.326 e. The lowest BCUT2D eigenvalue weighted by atomic mass is 9.99. The topological polar surface area (TPSA) is 208 Å². The van der Waals surface area contributed by atoms with Crippen molar-refractivity contribution in [2.24, 2.45) is 11.7 Å². The van der Waals surface area contributed by atoms with E-state index in [1.165, 1.54) is 6.92 Å². The quantitative estimate of drug-likeness (QED) is 0.172. The maximum Gasteiger partial charge on any atom is 0.326 e. The van der Waals surface area contributed by atoms with Crippen LogP contribution in [0, 0.1) is 5.92 Å². The number of carbonyl (C=O) groups is 5. The molecule has 0 aliphatic carbocycles. The fourth-order valence-corrected chi connectivity index (χ4v) is 2.24. The Bertz CT molecular complexity index is 612. The molecule has 0 heterocycles. The van der Waals surface area contributed by atoms with Crippen molar-refractivity contribution in [2.45, 2.75) is 64.2 Å². The highest BCUT2D eigenvalue weighted by molar-refractivity contribution is 5.94. The second-order valence-electron chi connectivity index (χ2n) is 6.72. The molecule has 0 aromatic carbocycles. The van der Waals surface area contributed by atoms with Gasteiger partial charge in [0.2, 0.25) is 17.7 Å². The molecule has 0 rings (SSSR count). The molecular weight excluding hydrogens is 388 g/mol. The lowest BCUT2D eigenvalue weighted by Crippen LogP contribution is -2.57. The van der Waals surface area contributed by atoms with Gasteiger partial charge in [-0.05, 0) is 19.3 Å². The zero-order chi connectivity index (χ0) is 22.7. The van der Waals surface area contributed by atoms with Crippen molar-refractivity contribution in [1.29, 1.82) is 0 Å². The number of hydrogen-bond donors (Lipinski definition) is 7. The highest BCUT2D eigenvalue weighted by Gasteiger charge is 2.30. The molecule has 0 radical (unpaired) electrons. The summed E-state index contributed by atoms with van der Waals surface area (Å²) in [6.45, 7) is 4.07. The van der Waals surface area contributed by atoms with Crippen molar-refractivity contribution in [3.63, 3.8) is 0 Å². The highest BCUT2D eigenvalue weighted by atomic mass is 16.4. The van der Waals surface area contributed by atoms with Crippen molar-refractivity contribution >= 4 is 29.7 Å². The minimum absolute atomic E-state index is 0.274. The zero-order valence-corrected chi connectivity index (χ0v) is 16.7. The summed E-state index contributed by atoms with van der Waals surface area (Å²) in [6, 6.07) is -4.90. The van der Waals surface area contributed by atoms with E-state index in [9.17, 15) is 29.1 Å². The number of aliphatic hydroxyl groups is 1. The standard InChI is InChI=1S/C17H30N4O8/c1-4-8(2)13(17(28)29)21-14(25)9(3)19-16(27)11(5-6-12(23)24)20-15(26)10(18)7-22/h8-11,13,22H,4-7,18H2,1-3H3,(H,19,27)(H,20,26)(H,21,25)(H,23,24)(H,28,29). The minimum Gasteiger partial charge on any atom is -0.481 e. The second-order valence-corrected chi connectivity index (χ2v) is 6.72. The molecule has 0 aromatic heterocycles. The summed E-state index contributed by atoms with van der Waals surface area (Å²) >= 11 is 0. The van der Waals surface area contributed by atoms with Crippen LogP contribution in [0.25, 0.3) is 0 Å². The van der Waals surface area contributed by atoms with Crippen LogP contribution in [0.5, 0.6) is 0 Å². The Morgan fingerprint density at radius 2 is 1.52 bits per heavy atom. The van der Waals surface area contributed by atoms with Crippen LogP contribution in [-0.2, 0) is 24.0 Å². The number of carboxylic acid groups (broad SMARTS) is 2. The van der Waals surface area contributed by atoms with Crippen molar-refractivity contribution in [2.75, 3.05) is 6.61 Å². The molecule has 0 aliphatic rings. The molecule has 8 N–H and O–H groups in total. The van der Waals surface area contributed by atoms with Crippen LogP contribution in [0.4, 0.5) is 0 Å². The van der Waals surface area contributed by atoms with Crippen molar-refractivity contribution in [1.82, 2.24) is 16.0 Å². The minimum atomic E-state index is -1.31. The summed E-state index contributed by atoms with van der Waals surface area (Å²) in [7, 11) is 0. The van der Waals surface area contributed by atoms with Crippen LogP contribution in [-0.4, -0.2) is 75.8 Å². The van der Waals surface area contributed by atoms with Crippen molar-refractivity contribution in [3.8, 4) is 0 Å². The van der Waals surface area contributed by atoms with Gasteiger partial charge in [0.05, 0.1) is 6.61 Å². The van der Waals surface area contributed by atoms with Crippen molar-refractivity contribution < 1.29 is 39.3 Å². The number of aliphatic hydroxyl groups excluding tert-OH is 1. The first-order chi connectivity index (χ1) is 13.4. The molecule has 12 heteroatoms. The molecule has 0 fully saturated rings. The Labute approximate surface area is 168 Å². The van der Waals surface area contributed by atoms with Crippen LogP contribution < -0.4 is 21.7 Å². The van der Waals surface area contributed by atoms with E-state index in [1.54, 1.807) is 13.8 Å². The van der Waals surface area contributed by atoms with E-state index in [1.807, 2.05) is 0 Å². The summed E-state index contributed by atoms with van der Waals surface area (Å²) < 4.78 is 0. The van der Waals surface area contributed by atoms with Gasteiger partial charge in [0.15, 0.2) is 0 Å². The molecule has 5 unspecified atom stereocenters. The normalized spacial score (nSPS) is 15.9. The lowest BCUT2D eigenvalue weighted by Gasteiger charge is -2.24. The fraction of sp³-hybridized carbons (Fsp3) is 0.706. The fourth-order valence-electron chi connectivity index (χ4n) is 2.24. The number of aliphatic carboxylic acids is 2. The summed E-state index contributed by atoms with van der Waals surface area (Å²) in [5, 5.41) is 33.8. The van der Waals surface area contributed by atoms with E-state index >= 15 is 0 Å². The van der Waals surface area contributed by atoms with E-state index in [2.05, 4.69) is 16.0 Å². The zero-order valence-electron chi connectivity index (χ0n) is 16.7. The van der Waals surface area contributed by atoms with E-state index in [4.69, 9.17) is 15.9 Å². The van der Waals surface area contributed by atoms with Gasteiger partial charge in [-0.25, -0.2) is 4.79 Å². The maximum absolute atomic E-state index is 12.4. The van der Waals surface area contributed by atoms with Gasteiger partial charge < -0.3 is 37.0 Å². The van der Waals surface area contributed by atoms with Crippen LogP contribution in [0.2, 0.25) is 0 Å². The molecule has 5 atom stereocenters. The van der Waals surface area contributed by atoms with Crippen LogP contribution in [0.1, 0.15) is 40.0 Å². The first-order valence-corrected chi connectivity index (χ1v) is 9.16. The number of hydrogen-bond acceptors (Lipinski definition) is 7. The lowest BCUT2D eigenvalue weighted by molar-refractivity contribution is -0.143. The number of amides is 3. The van der Waals surface area contributed by atoms with Gasteiger partial charge in [-0.15, -0.1) is 0 Å². The average Bonchev–Trinajstić information content (AvgIpc) is 2.66. The van der Waals surface area contributed by atoms with Gasteiger partial charge >= 0.3 is 11.9 Å². The third kappa shape index (κ3) is 9.34. The molecule has 0 saturated carbocycles. The van der Waals surface area contributed by atoms with E-state index in [0.29, 0.717) is 6.42 Å². The summed E-state index contributed by atoms with van der Waals surface area (Å²) in [5.74, 6) is -5.22. The Hall–Kier alpha value is -2.73. The first kappa shape index (κ1) is 26.3. The summed E-state index contributed by atoms with van der Waals surface area (Å²) in [6.07, 6.45) is -0.210. The van der Waals surface area contributed by atoms with Gasteiger partial charge in [0.1, 0.15) is 24.2 Å². The Kier molecular flexibility index (Phi) is 11.5. The number of carboxylic acids is 2. The number of nitrogens with two attached hydrogens (primary N) is 1. The molecule has 0 aliphatic heterocycles. The molecule has 0 spiro atoms. The molecule has 3 amide bonds. The second kappa shape index (κ2) is 12.7. The van der Waals surface area contributed by atoms with Gasteiger partial charge in [-0.1, -0.05) is 20.3 Å². The molecule has 166 valence electrons. The van der Waals surface area contributed by atoms with E-state index in [0.717, 1.165) is 0 Å². The molecule has 0 aromatic rings. The van der Waals surface area contributed by atoms with Crippen molar-refractivity contribution in [3.05, 3.63) is 0 Å². The summed E-state index contributed by atoms with van der Waals surface area (Å²) in [5.41, 5.74) is 5.37. The Balaban J connectivity index is 5.10. The van der Waals surface area contributed by atoms with Gasteiger partial charge in [-0.3, -0.25) is 19.2 Å². The van der Waals surface area contributed by atoms with E-state index < -0.39 is 66.9 Å². The third-order valence-corrected chi connectivity index (χ3v) is 4.34. The maximum atomic E-state index is 12.4. The third-order valence-electron chi connectivity index (χ3n) is 4.34. The van der Waals surface area contributed by atoms with Gasteiger partial charge in [0.25, 0.3) is 0 Å². The highest BCUT2D eigenvalue weighted by Crippen LogP contribution is 2.08. The monoisotopic (exact) mass is 418 g/mol. The summed E-state index contributed by atoms with van der Waals surface area (Å²) in [4.78, 5) is 58.6. The van der Waals surface area contributed by atoms with E-state index in [-0.39, 0.29) is 12.3 Å². The number of carbonyl (C=O) groups excluding carboxylic acids is 3. The Morgan fingerprint density at radius 3 is 1.97 bits per heavy atom. The molecule has 12 nitrogen and oxygen atoms in total. The number of nitrogens with one attached hydrogen (secondary N) is 3. The Morgan fingerprint density at radius 1 is 0.931 bits per heavy atom. The van der Waals surface area contributed by atoms with Gasteiger partial charge in [0, 0.05) is 6.42 Å². The van der Waals surface area contributed by atoms with Crippen LogP contribution in [0.15, 0.2) is 0 Å².